The van der Waals surface area contributed by atoms with Gasteiger partial charge in [0.15, 0.2) is 0 Å². The molecule has 7 nitrogen and oxygen atoms in total. The zero-order valence-corrected chi connectivity index (χ0v) is 12.0. The van der Waals surface area contributed by atoms with E-state index in [1.807, 2.05) is 13.8 Å². The van der Waals surface area contributed by atoms with Crippen molar-refractivity contribution in [2.45, 2.75) is 51.6 Å². The van der Waals surface area contributed by atoms with Crippen LogP contribution >= 0.6 is 0 Å². The lowest BCUT2D eigenvalue weighted by atomic mass is 10.0. The summed E-state index contributed by atoms with van der Waals surface area (Å²) in [6, 6.07) is -2.11. The number of carboxylic acids is 1. The number of amides is 3. The molecule has 1 rings (SSSR count). The summed E-state index contributed by atoms with van der Waals surface area (Å²) in [7, 11) is 0. The molecule has 4 N–H and O–H groups in total. The van der Waals surface area contributed by atoms with Crippen LogP contribution in [-0.4, -0.2) is 46.5 Å². The van der Waals surface area contributed by atoms with Crippen molar-refractivity contribution in [1.29, 1.82) is 0 Å². The molecule has 0 aromatic carbocycles. The van der Waals surface area contributed by atoms with E-state index in [0.717, 1.165) is 12.8 Å². The molecule has 1 unspecified atom stereocenters. The average Bonchev–Trinajstić information content (AvgIpc) is 2.37. The number of primary amides is 1. The van der Waals surface area contributed by atoms with Crippen LogP contribution in [0.2, 0.25) is 0 Å². The van der Waals surface area contributed by atoms with Gasteiger partial charge in [0, 0.05) is 6.54 Å². The minimum absolute atomic E-state index is 0.143. The van der Waals surface area contributed by atoms with Crippen LogP contribution in [-0.2, 0) is 9.59 Å². The second-order valence-electron chi connectivity index (χ2n) is 5.58. The summed E-state index contributed by atoms with van der Waals surface area (Å²) < 4.78 is 0. The molecule has 7 heteroatoms. The summed E-state index contributed by atoms with van der Waals surface area (Å²) in [6.07, 6.45) is 2.51. The molecule has 0 bridgehead atoms. The molecule has 20 heavy (non-hydrogen) atoms. The molecular formula is C13H23N3O4. The summed E-state index contributed by atoms with van der Waals surface area (Å²) in [4.78, 5) is 36.0. The lowest BCUT2D eigenvalue weighted by Crippen LogP contribution is -2.56. The van der Waals surface area contributed by atoms with Gasteiger partial charge in [-0.3, -0.25) is 4.79 Å². The van der Waals surface area contributed by atoms with E-state index in [1.165, 1.54) is 4.90 Å². The highest BCUT2D eigenvalue weighted by molar-refractivity contribution is 5.88. The molecule has 1 saturated heterocycles. The van der Waals surface area contributed by atoms with Crippen LogP contribution in [0.4, 0.5) is 4.79 Å². The number of hydrogen-bond donors (Lipinski definition) is 3. The Morgan fingerprint density at radius 1 is 1.35 bits per heavy atom. The number of nitrogens with two attached hydrogens (primary N) is 1. The summed E-state index contributed by atoms with van der Waals surface area (Å²) in [5.74, 6) is -1.47. The van der Waals surface area contributed by atoms with E-state index >= 15 is 0 Å². The van der Waals surface area contributed by atoms with Gasteiger partial charge in [-0.2, -0.15) is 0 Å². The minimum Gasteiger partial charge on any atom is -0.480 e. The van der Waals surface area contributed by atoms with E-state index in [1.54, 1.807) is 0 Å². The molecule has 2 atom stereocenters. The third-order valence-electron chi connectivity index (χ3n) is 3.39. The van der Waals surface area contributed by atoms with Gasteiger partial charge in [0.1, 0.15) is 12.1 Å². The summed E-state index contributed by atoms with van der Waals surface area (Å²) in [5.41, 5.74) is 5.29. The van der Waals surface area contributed by atoms with Crippen LogP contribution in [0.15, 0.2) is 0 Å². The molecule has 0 saturated carbocycles. The minimum atomic E-state index is -1.07. The summed E-state index contributed by atoms with van der Waals surface area (Å²) in [6.45, 7) is 4.19. The fourth-order valence-electron chi connectivity index (χ4n) is 2.40. The number of nitrogens with zero attached hydrogens (tertiary/aromatic N) is 1. The topological polar surface area (TPSA) is 113 Å². The monoisotopic (exact) mass is 285 g/mol. The molecule has 1 heterocycles. The maximum Gasteiger partial charge on any atom is 0.326 e. The van der Waals surface area contributed by atoms with Crippen molar-refractivity contribution in [3.8, 4) is 0 Å². The first-order valence-corrected chi connectivity index (χ1v) is 6.92. The van der Waals surface area contributed by atoms with Crippen molar-refractivity contribution >= 4 is 17.9 Å². The van der Waals surface area contributed by atoms with Crippen LogP contribution in [0.1, 0.15) is 39.5 Å². The SMILES string of the molecule is CC(C)C[C@H](NC(=O)N1CCCCC1C(N)=O)C(=O)O. The van der Waals surface area contributed by atoms with Crippen LogP contribution in [0.5, 0.6) is 0 Å². The Hall–Kier alpha value is -1.79. The van der Waals surface area contributed by atoms with Crippen molar-refractivity contribution in [3.63, 3.8) is 0 Å². The Morgan fingerprint density at radius 3 is 2.50 bits per heavy atom. The Balaban J connectivity index is 2.71. The number of carboxylic acid groups (broad SMARTS) is 1. The highest BCUT2D eigenvalue weighted by Crippen LogP contribution is 2.17. The first-order valence-electron chi connectivity index (χ1n) is 6.92. The number of carbonyl (C=O) groups excluding carboxylic acids is 2. The second kappa shape index (κ2) is 7.12. The van der Waals surface area contributed by atoms with Gasteiger partial charge >= 0.3 is 12.0 Å². The summed E-state index contributed by atoms with van der Waals surface area (Å²) >= 11 is 0. The number of carbonyl (C=O) groups is 3. The quantitative estimate of drug-likeness (QED) is 0.684. The number of aliphatic carboxylic acids is 1. The average molecular weight is 285 g/mol. The van der Waals surface area contributed by atoms with E-state index in [-0.39, 0.29) is 5.92 Å². The molecule has 1 aliphatic heterocycles. The van der Waals surface area contributed by atoms with E-state index in [0.29, 0.717) is 19.4 Å². The van der Waals surface area contributed by atoms with Crippen molar-refractivity contribution in [1.82, 2.24) is 10.2 Å². The third-order valence-corrected chi connectivity index (χ3v) is 3.39. The first-order chi connectivity index (χ1) is 9.32. The number of piperidine rings is 1. The van der Waals surface area contributed by atoms with Crippen LogP contribution in [0, 0.1) is 5.92 Å². The van der Waals surface area contributed by atoms with Gasteiger partial charge in [-0.05, 0) is 31.6 Å². The van der Waals surface area contributed by atoms with Crippen molar-refractivity contribution < 1.29 is 19.5 Å². The predicted molar refractivity (Wildman–Crippen MR) is 72.9 cm³/mol. The standard InChI is InChI=1S/C13H23N3O4/c1-8(2)7-9(12(18)19)15-13(20)16-6-4-3-5-10(16)11(14)17/h8-10H,3-7H2,1-2H3,(H2,14,17)(H,15,20)(H,18,19)/t9-,10?/m0/s1. The molecule has 1 aliphatic rings. The van der Waals surface area contributed by atoms with Crippen LogP contribution in [0.25, 0.3) is 0 Å². The number of nitrogens with one attached hydrogen (secondary N) is 1. The highest BCUT2D eigenvalue weighted by atomic mass is 16.4. The molecule has 114 valence electrons. The molecule has 1 fully saturated rings. The molecule has 0 aromatic rings. The molecular weight excluding hydrogens is 262 g/mol. The van der Waals surface area contributed by atoms with E-state index in [4.69, 9.17) is 10.8 Å². The Morgan fingerprint density at radius 2 is 2.00 bits per heavy atom. The van der Waals surface area contributed by atoms with Crippen LogP contribution in [0.3, 0.4) is 0 Å². The molecule has 3 amide bonds. The molecule has 0 radical (unpaired) electrons. The van der Waals surface area contributed by atoms with E-state index in [2.05, 4.69) is 5.32 Å². The predicted octanol–water partition coefficient (Wildman–Crippen LogP) is 0.535. The number of likely N-dealkylation sites (tertiary alicyclic amines) is 1. The maximum atomic E-state index is 12.2. The first kappa shape index (κ1) is 16.3. The van der Waals surface area contributed by atoms with Gasteiger partial charge in [-0.25, -0.2) is 9.59 Å². The van der Waals surface area contributed by atoms with Gasteiger partial charge in [0.05, 0.1) is 0 Å². The fraction of sp³-hybridized carbons (Fsp3) is 0.769. The van der Waals surface area contributed by atoms with Crippen molar-refractivity contribution in [3.05, 3.63) is 0 Å². The largest absolute Gasteiger partial charge is 0.480 e. The Bertz CT molecular complexity index is 384. The smallest absolute Gasteiger partial charge is 0.326 e. The maximum absolute atomic E-state index is 12.2. The van der Waals surface area contributed by atoms with Crippen molar-refractivity contribution in [2.24, 2.45) is 11.7 Å². The zero-order chi connectivity index (χ0) is 15.3. The fourth-order valence-corrected chi connectivity index (χ4v) is 2.40. The van der Waals surface area contributed by atoms with E-state index < -0.39 is 30.0 Å². The number of urea groups is 1. The van der Waals surface area contributed by atoms with Gasteiger partial charge in [0.2, 0.25) is 5.91 Å². The van der Waals surface area contributed by atoms with Crippen LogP contribution < -0.4 is 11.1 Å². The molecule has 0 aliphatic carbocycles. The Labute approximate surface area is 118 Å². The summed E-state index contributed by atoms with van der Waals surface area (Å²) in [5, 5.41) is 11.6. The Kier molecular flexibility index (Phi) is 5.79. The lowest BCUT2D eigenvalue weighted by molar-refractivity contribution is -0.139. The third kappa shape index (κ3) is 4.40. The normalized spacial score (nSPS) is 20.6. The zero-order valence-electron chi connectivity index (χ0n) is 12.0. The van der Waals surface area contributed by atoms with Crippen molar-refractivity contribution in [2.75, 3.05) is 6.54 Å². The highest BCUT2D eigenvalue weighted by Gasteiger charge is 2.32. The van der Waals surface area contributed by atoms with E-state index in [9.17, 15) is 14.4 Å². The lowest BCUT2D eigenvalue weighted by Gasteiger charge is -2.34. The van der Waals surface area contributed by atoms with Gasteiger partial charge in [-0.1, -0.05) is 13.8 Å². The molecule has 0 spiro atoms. The van der Waals surface area contributed by atoms with Gasteiger partial charge in [0.25, 0.3) is 0 Å². The van der Waals surface area contributed by atoms with Gasteiger partial charge < -0.3 is 21.1 Å². The second-order valence-corrected chi connectivity index (χ2v) is 5.58. The number of hydrogen-bond acceptors (Lipinski definition) is 3. The number of rotatable bonds is 5. The van der Waals surface area contributed by atoms with Gasteiger partial charge in [-0.15, -0.1) is 0 Å². The molecule has 0 aromatic heterocycles.